The highest BCUT2D eigenvalue weighted by Crippen LogP contribution is 2.24. The summed E-state index contributed by atoms with van der Waals surface area (Å²) in [5.41, 5.74) is 0.753. The van der Waals surface area contributed by atoms with Gasteiger partial charge in [-0.3, -0.25) is 15.0 Å². The van der Waals surface area contributed by atoms with E-state index in [9.17, 15) is 4.79 Å². The molecule has 0 aliphatic carbocycles. The van der Waals surface area contributed by atoms with Crippen LogP contribution in [0.25, 0.3) is 0 Å². The number of rotatable bonds is 5. The highest BCUT2D eigenvalue weighted by atomic mass is 16.5. The van der Waals surface area contributed by atoms with Crippen molar-refractivity contribution in [2.75, 3.05) is 18.4 Å². The van der Waals surface area contributed by atoms with Gasteiger partial charge >= 0.3 is 0 Å². The third kappa shape index (κ3) is 3.51. The summed E-state index contributed by atoms with van der Waals surface area (Å²) in [7, 11) is 0. The molecule has 1 saturated heterocycles. The average molecular weight is 331 g/mol. The number of anilines is 1. The second kappa shape index (κ2) is 7.17. The van der Waals surface area contributed by atoms with E-state index in [1.54, 1.807) is 6.07 Å². The second-order valence-corrected chi connectivity index (χ2v) is 6.39. The number of carbonyl (C=O) groups excluding carboxylic acids is 1. The number of imidazole rings is 1. The van der Waals surface area contributed by atoms with E-state index in [1.807, 2.05) is 20.0 Å². The number of nitrogens with zero attached hydrogens (tertiary/aromatic N) is 4. The average Bonchev–Trinajstić information content (AvgIpc) is 3.22. The number of amides is 1. The third-order valence-electron chi connectivity index (χ3n) is 4.69. The first kappa shape index (κ1) is 16.7. The summed E-state index contributed by atoms with van der Waals surface area (Å²) < 4.78 is 7.33. The lowest BCUT2D eigenvalue weighted by Crippen LogP contribution is -2.47. The maximum absolute atomic E-state index is 12.5. The topological polar surface area (TPSA) is 76.2 Å². The van der Waals surface area contributed by atoms with Crippen molar-refractivity contribution in [2.24, 2.45) is 0 Å². The Balaban J connectivity index is 1.64. The van der Waals surface area contributed by atoms with Gasteiger partial charge in [0.05, 0.1) is 11.7 Å². The van der Waals surface area contributed by atoms with Crippen LogP contribution in [-0.4, -0.2) is 44.6 Å². The standard InChI is InChI=1S/C17H25N5O2/c1-4-15-18-7-9-22(15)14-6-5-8-21(11-14)13(3)17(23)19-16-10-12(2)20-24-16/h7,9-10,13-14H,4-6,8,11H2,1-3H3,(H,19,23). The van der Waals surface area contributed by atoms with Crippen LogP contribution in [0, 0.1) is 6.92 Å². The van der Waals surface area contributed by atoms with Crippen molar-refractivity contribution in [2.45, 2.75) is 52.1 Å². The fourth-order valence-corrected chi connectivity index (χ4v) is 3.33. The zero-order valence-electron chi connectivity index (χ0n) is 14.5. The Morgan fingerprint density at radius 3 is 3.08 bits per heavy atom. The zero-order chi connectivity index (χ0) is 17.1. The molecule has 3 heterocycles. The highest BCUT2D eigenvalue weighted by molar-refractivity contribution is 5.93. The molecule has 1 aliphatic heterocycles. The normalized spacial score (nSPS) is 20.0. The van der Waals surface area contributed by atoms with Crippen LogP contribution in [0.15, 0.2) is 23.0 Å². The summed E-state index contributed by atoms with van der Waals surface area (Å²) in [5, 5.41) is 6.60. The van der Waals surface area contributed by atoms with Gasteiger partial charge in [0.2, 0.25) is 11.8 Å². The quantitative estimate of drug-likeness (QED) is 0.910. The molecule has 1 N–H and O–H groups in total. The van der Waals surface area contributed by atoms with Crippen LogP contribution in [0.4, 0.5) is 5.88 Å². The van der Waals surface area contributed by atoms with Crippen LogP contribution in [0.2, 0.25) is 0 Å². The van der Waals surface area contributed by atoms with Crippen molar-refractivity contribution in [1.82, 2.24) is 19.6 Å². The first-order valence-corrected chi connectivity index (χ1v) is 8.58. The predicted octanol–water partition coefficient (Wildman–Crippen LogP) is 2.41. The van der Waals surface area contributed by atoms with Gasteiger partial charge in [-0.2, -0.15) is 0 Å². The molecule has 0 saturated carbocycles. The summed E-state index contributed by atoms with van der Waals surface area (Å²) >= 11 is 0. The van der Waals surface area contributed by atoms with Gasteiger partial charge < -0.3 is 9.09 Å². The molecular formula is C17H25N5O2. The Morgan fingerprint density at radius 1 is 1.54 bits per heavy atom. The minimum atomic E-state index is -0.216. The van der Waals surface area contributed by atoms with Crippen LogP contribution < -0.4 is 5.32 Å². The molecule has 24 heavy (non-hydrogen) atoms. The van der Waals surface area contributed by atoms with E-state index in [1.165, 1.54) is 0 Å². The van der Waals surface area contributed by atoms with E-state index < -0.39 is 0 Å². The SMILES string of the molecule is CCc1nccn1C1CCCN(C(C)C(=O)Nc2cc(C)no2)C1. The lowest BCUT2D eigenvalue weighted by molar-refractivity contribution is -0.121. The van der Waals surface area contributed by atoms with E-state index in [4.69, 9.17) is 4.52 Å². The fraction of sp³-hybridized carbons (Fsp3) is 0.588. The number of likely N-dealkylation sites (tertiary alicyclic amines) is 1. The first-order chi connectivity index (χ1) is 11.6. The van der Waals surface area contributed by atoms with E-state index in [2.05, 4.69) is 38.0 Å². The Kier molecular flexibility index (Phi) is 4.99. The van der Waals surface area contributed by atoms with Gasteiger partial charge in [0.25, 0.3) is 0 Å². The van der Waals surface area contributed by atoms with Gasteiger partial charge in [-0.1, -0.05) is 12.1 Å². The predicted molar refractivity (Wildman–Crippen MR) is 90.8 cm³/mol. The fourth-order valence-electron chi connectivity index (χ4n) is 3.33. The summed E-state index contributed by atoms with van der Waals surface area (Å²) in [5.74, 6) is 1.45. The van der Waals surface area contributed by atoms with Gasteiger partial charge in [-0.25, -0.2) is 4.98 Å². The van der Waals surface area contributed by atoms with E-state index in [-0.39, 0.29) is 11.9 Å². The molecular weight excluding hydrogens is 306 g/mol. The van der Waals surface area contributed by atoms with Gasteiger partial charge in [0.1, 0.15) is 5.82 Å². The molecule has 2 aromatic heterocycles. The van der Waals surface area contributed by atoms with Crippen LogP contribution >= 0.6 is 0 Å². The molecule has 2 atom stereocenters. The van der Waals surface area contributed by atoms with Gasteiger partial charge in [0, 0.05) is 37.5 Å². The maximum atomic E-state index is 12.5. The van der Waals surface area contributed by atoms with Gasteiger partial charge in [-0.15, -0.1) is 0 Å². The van der Waals surface area contributed by atoms with Crippen molar-refractivity contribution >= 4 is 11.8 Å². The van der Waals surface area contributed by atoms with E-state index >= 15 is 0 Å². The van der Waals surface area contributed by atoms with Crippen molar-refractivity contribution in [3.8, 4) is 0 Å². The zero-order valence-corrected chi connectivity index (χ0v) is 14.5. The smallest absolute Gasteiger partial charge is 0.243 e. The van der Waals surface area contributed by atoms with E-state index in [0.717, 1.165) is 43.9 Å². The molecule has 1 aliphatic rings. The van der Waals surface area contributed by atoms with Gasteiger partial charge in [-0.05, 0) is 33.2 Å². The third-order valence-corrected chi connectivity index (χ3v) is 4.69. The molecule has 2 aromatic rings. The van der Waals surface area contributed by atoms with Gasteiger partial charge in [0.15, 0.2) is 0 Å². The first-order valence-electron chi connectivity index (χ1n) is 8.58. The van der Waals surface area contributed by atoms with Crippen LogP contribution in [0.5, 0.6) is 0 Å². The Morgan fingerprint density at radius 2 is 2.38 bits per heavy atom. The Bertz CT molecular complexity index is 693. The number of hydrogen-bond donors (Lipinski definition) is 1. The summed E-state index contributed by atoms with van der Waals surface area (Å²) in [6.07, 6.45) is 7.03. The minimum absolute atomic E-state index is 0.0619. The van der Waals surface area contributed by atoms with Crippen molar-refractivity contribution in [3.05, 3.63) is 30.0 Å². The second-order valence-electron chi connectivity index (χ2n) is 6.39. The van der Waals surface area contributed by atoms with Crippen LogP contribution in [0.1, 0.15) is 44.2 Å². The molecule has 0 spiro atoms. The van der Waals surface area contributed by atoms with E-state index in [0.29, 0.717) is 11.9 Å². The number of hydrogen-bond acceptors (Lipinski definition) is 5. The lowest BCUT2D eigenvalue weighted by atomic mass is 10.0. The Hall–Kier alpha value is -2.15. The largest absolute Gasteiger partial charge is 0.338 e. The molecule has 0 bridgehead atoms. The highest BCUT2D eigenvalue weighted by Gasteiger charge is 2.29. The van der Waals surface area contributed by atoms with Crippen LogP contribution in [-0.2, 0) is 11.2 Å². The lowest BCUT2D eigenvalue weighted by Gasteiger charge is -2.36. The molecule has 0 radical (unpaired) electrons. The van der Waals surface area contributed by atoms with Crippen molar-refractivity contribution in [3.63, 3.8) is 0 Å². The van der Waals surface area contributed by atoms with Crippen molar-refractivity contribution < 1.29 is 9.32 Å². The summed E-state index contributed by atoms with van der Waals surface area (Å²) in [6.45, 7) is 7.67. The molecule has 1 amide bonds. The number of piperidine rings is 1. The number of aryl methyl sites for hydroxylation is 2. The molecule has 3 rings (SSSR count). The van der Waals surface area contributed by atoms with Crippen molar-refractivity contribution in [1.29, 1.82) is 0 Å². The number of aromatic nitrogens is 3. The monoisotopic (exact) mass is 331 g/mol. The number of carbonyl (C=O) groups is 1. The maximum Gasteiger partial charge on any atom is 0.243 e. The number of nitrogens with one attached hydrogen (secondary N) is 1. The molecule has 0 aromatic carbocycles. The summed E-state index contributed by atoms with van der Waals surface area (Å²) in [6, 6.07) is 1.88. The molecule has 7 nitrogen and oxygen atoms in total. The molecule has 130 valence electrons. The minimum Gasteiger partial charge on any atom is -0.338 e. The molecule has 1 fully saturated rings. The molecule has 7 heteroatoms. The molecule has 2 unspecified atom stereocenters. The summed E-state index contributed by atoms with van der Waals surface area (Å²) in [4.78, 5) is 19.1. The Labute approximate surface area is 142 Å². The van der Waals surface area contributed by atoms with Crippen LogP contribution in [0.3, 0.4) is 0 Å².